The Labute approximate surface area is 52.1 Å². The molecule has 0 aromatic rings. The number of nitrogens with two attached hydrogens (primary N) is 1. The number of oxime groups is 1. The number of nitrogens with zero attached hydrogens (tertiary/aromatic N) is 1. The quantitative estimate of drug-likeness (QED) is 0.304. The van der Waals surface area contributed by atoms with Crippen molar-refractivity contribution in [3.63, 3.8) is 0 Å². The summed E-state index contributed by atoms with van der Waals surface area (Å²) in [7, 11) is 0. The van der Waals surface area contributed by atoms with Crippen LogP contribution in [0, 0.1) is 0 Å². The summed E-state index contributed by atoms with van der Waals surface area (Å²) < 4.78 is 0. The molecule has 9 heavy (non-hydrogen) atoms. The zero-order chi connectivity index (χ0) is 7.28. The topological polar surface area (TPSA) is 84.9 Å². The molecule has 0 saturated heterocycles. The summed E-state index contributed by atoms with van der Waals surface area (Å²) in [6.07, 6.45) is 0. The van der Waals surface area contributed by atoms with Crippen molar-refractivity contribution in [3.8, 4) is 0 Å². The van der Waals surface area contributed by atoms with E-state index in [2.05, 4.69) is 9.99 Å². The Morgan fingerprint density at radius 2 is 2.44 bits per heavy atom. The third-order valence-corrected chi connectivity index (χ3v) is 0.397. The number of rotatable bonds is 3. The molecule has 0 fully saturated rings. The van der Waals surface area contributed by atoms with E-state index in [1.54, 1.807) is 0 Å². The van der Waals surface area contributed by atoms with Crippen LogP contribution in [0.4, 0.5) is 0 Å². The highest BCUT2D eigenvalue weighted by atomic mass is 16.6. The second-order valence-electron chi connectivity index (χ2n) is 1.40. The number of carboxylic acid groups (broad SMARTS) is 1. The monoisotopic (exact) mass is 132 g/mol. The van der Waals surface area contributed by atoms with Crippen LogP contribution < -0.4 is 5.73 Å². The van der Waals surface area contributed by atoms with Gasteiger partial charge < -0.3 is 15.7 Å². The SMILES string of the molecule is C/C(N)=N/OCC(=O)O. The molecule has 0 amide bonds. The number of carbonyl (C=O) groups is 1. The lowest BCUT2D eigenvalue weighted by Crippen LogP contribution is -2.09. The number of hydrogen-bond donors (Lipinski definition) is 2. The Kier molecular flexibility index (Phi) is 3.19. The van der Waals surface area contributed by atoms with Gasteiger partial charge in [0.25, 0.3) is 0 Å². The van der Waals surface area contributed by atoms with Crippen LogP contribution in [-0.4, -0.2) is 23.5 Å². The minimum Gasteiger partial charge on any atom is -0.479 e. The van der Waals surface area contributed by atoms with Crippen molar-refractivity contribution < 1.29 is 14.7 Å². The second kappa shape index (κ2) is 3.71. The fraction of sp³-hybridized carbons (Fsp3) is 0.500. The number of hydrogen-bond acceptors (Lipinski definition) is 3. The molecule has 0 aromatic heterocycles. The van der Waals surface area contributed by atoms with Crippen LogP contribution >= 0.6 is 0 Å². The zero-order valence-electron chi connectivity index (χ0n) is 5.00. The van der Waals surface area contributed by atoms with Crippen molar-refractivity contribution in [2.24, 2.45) is 10.9 Å². The van der Waals surface area contributed by atoms with E-state index >= 15 is 0 Å². The van der Waals surface area contributed by atoms with Crippen molar-refractivity contribution in [2.45, 2.75) is 6.92 Å². The molecule has 0 unspecified atom stereocenters. The molecule has 0 heterocycles. The summed E-state index contributed by atoms with van der Waals surface area (Å²) in [5, 5.41) is 11.2. The molecule has 0 spiro atoms. The van der Waals surface area contributed by atoms with Gasteiger partial charge in [0, 0.05) is 0 Å². The van der Waals surface area contributed by atoms with E-state index in [0.717, 1.165) is 0 Å². The first-order valence-electron chi connectivity index (χ1n) is 2.26. The van der Waals surface area contributed by atoms with Crippen LogP contribution in [0.5, 0.6) is 0 Å². The molecule has 5 heteroatoms. The van der Waals surface area contributed by atoms with Crippen molar-refractivity contribution in [2.75, 3.05) is 6.61 Å². The maximum absolute atomic E-state index is 9.75. The van der Waals surface area contributed by atoms with Crippen LogP contribution in [0.15, 0.2) is 5.16 Å². The summed E-state index contributed by atoms with van der Waals surface area (Å²) >= 11 is 0. The van der Waals surface area contributed by atoms with Gasteiger partial charge in [0.15, 0.2) is 0 Å². The summed E-state index contributed by atoms with van der Waals surface area (Å²) in [6.45, 7) is 1.05. The lowest BCUT2D eigenvalue weighted by Gasteiger charge is -1.91. The normalized spacial score (nSPS) is 11.0. The van der Waals surface area contributed by atoms with Gasteiger partial charge in [0.1, 0.15) is 5.84 Å². The first-order valence-corrected chi connectivity index (χ1v) is 2.26. The highest BCUT2D eigenvalue weighted by molar-refractivity contribution is 5.76. The van der Waals surface area contributed by atoms with E-state index in [-0.39, 0.29) is 5.84 Å². The van der Waals surface area contributed by atoms with Crippen LogP contribution in [0.3, 0.4) is 0 Å². The van der Waals surface area contributed by atoms with Gasteiger partial charge in [-0.15, -0.1) is 0 Å². The Morgan fingerprint density at radius 1 is 1.89 bits per heavy atom. The molecule has 0 bridgehead atoms. The van der Waals surface area contributed by atoms with Crippen LogP contribution in [-0.2, 0) is 9.63 Å². The molecule has 52 valence electrons. The molecular formula is C4H8N2O3. The maximum Gasteiger partial charge on any atom is 0.344 e. The molecule has 0 aliphatic rings. The fourth-order valence-corrected chi connectivity index (χ4v) is 0.189. The number of amidine groups is 1. The molecular weight excluding hydrogens is 124 g/mol. The van der Waals surface area contributed by atoms with Gasteiger partial charge in [-0.2, -0.15) is 0 Å². The van der Waals surface area contributed by atoms with E-state index in [4.69, 9.17) is 10.8 Å². The fourth-order valence-electron chi connectivity index (χ4n) is 0.189. The van der Waals surface area contributed by atoms with E-state index in [0.29, 0.717) is 0 Å². The first kappa shape index (κ1) is 7.74. The molecule has 0 radical (unpaired) electrons. The standard InChI is InChI=1S/C4H8N2O3/c1-3(5)6-9-2-4(7)8/h2H2,1H3,(H2,5,6)(H,7,8). The number of carboxylic acids is 1. The minimum atomic E-state index is -1.07. The average Bonchev–Trinajstić information content (AvgIpc) is 1.63. The van der Waals surface area contributed by atoms with Crippen molar-refractivity contribution in [1.29, 1.82) is 0 Å². The summed E-state index contributed by atoms with van der Waals surface area (Å²) in [4.78, 5) is 14.0. The first-order chi connectivity index (χ1) is 4.13. The summed E-state index contributed by atoms with van der Waals surface area (Å²) in [6, 6.07) is 0. The predicted molar refractivity (Wildman–Crippen MR) is 30.9 cm³/mol. The Balaban J connectivity index is 3.31. The Morgan fingerprint density at radius 3 is 2.78 bits per heavy atom. The van der Waals surface area contributed by atoms with E-state index in [1.165, 1.54) is 6.92 Å². The van der Waals surface area contributed by atoms with Crippen LogP contribution in [0.25, 0.3) is 0 Å². The van der Waals surface area contributed by atoms with Gasteiger partial charge in [-0.25, -0.2) is 4.79 Å². The van der Waals surface area contributed by atoms with Crippen molar-refractivity contribution in [3.05, 3.63) is 0 Å². The number of aliphatic carboxylic acids is 1. The molecule has 0 atom stereocenters. The molecule has 0 aliphatic carbocycles. The van der Waals surface area contributed by atoms with Gasteiger partial charge in [-0.3, -0.25) is 0 Å². The Bertz CT molecular complexity index is 128. The van der Waals surface area contributed by atoms with Crippen LogP contribution in [0.2, 0.25) is 0 Å². The maximum atomic E-state index is 9.75. The smallest absolute Gasteiger partial charge is 0.344 e. The summed E-state index contributed by atoms with van der Waals surface area (Å²) in [5.74, 6) is -0.865. The largest absolute Gasteiger partial charge is 0.479 e. The highest BCUT2D eigenvalue weighted by Crippen LogP contribution is 1.74. The van der Waals surface area contributed by atoms with Crippen LogP contribution in [0.1, 0.15) is 6.92 Å². The average molecular weight is 132 g/mol. The van der Waals surface area contributed by atoms with E-state index in [9.17, 15) is 4.79 Å². The molecule has 0 rings (SSSR count). The van der Waals surface area contributed by atoms with E-state index < -0.39 is 12.6 Å². The second-order valence-corrected chi connectivity index (χ2v) is 1.40. The molecule has 0 aromatic carbocycles. The molecule has 3 N–H and O–H groups in total. The zero-order valence-corrected chi connectivity index (χ0v) is 5.00. The third kappa shape index (κ3) is 6.74. The van der Waals surface area contributed by atoms with Gasteiger partial charge in [-0.05, 0) is 6.92 Å². The van der Waals surface area contributed by atoms with Gasteiger partial charge in [-0.1, -0.05) is 5.16 Å². The molecule has 0 aliphatic heterocycles. The molecule has 0 saturated carbocycles. The lowest BCUT2D eigenvalue weighted by molar-refractivity contribution is -0.142. The van der Waals surface area contributed by atoms with Crippen molar-refractivity contribution in [1.82, 2.24) is 0 Å². The minimum absolute atomic E-state index is 0.205. The highest BCUT2D eigenvalue weighted by Gasteiger charge is 1.92. The van der Waals surface area contributed by atoms with Gasteiger partial charge >= 0.3 is 5.97 Å². The molecule has 5 nitrogen and oxygen atoms in total. The van der Waals surface area contributed by atoms with E-state index in [1.807, 2.05) is 0 Å². The van der Waals surface area contributed by atoms with Gasteiger partial charge in [0.2, 0.25) is 6.61 Å². The van der Waals surface area contributed by atoms with Crippen molar-refractivity contribution >= 4 is 11.8 Å². The third-order valence-electron chi connectivity index (χ3n) is 0.397. The predicted octanol–water partition coefficient (Wildman–Crippen LogP) is -0.620. The summed E-state index contributed by atoms with van der Waals surface area (Å²) in [5.41, 5.74) is 5.01. The lowest BCUT2D eigenvalue weighted by atomic mass is 10.7. The Hall–Kier alpha value is -1.26. The van der Waals surface area contributed by atoms with Gasteiger partial charge in [0.05, 0.1) is 0 Å².